The zero-order valence-corrected chi connectivity index (χ0v) is 11.4. The van der Waals surface area contributed by atoms with Crippen LogP contribution in [0.1, 0.15) is 12.8 Å². The molecule has 2 N–H and O–H groups in total. The Morgan fingerprint density at radius 2 is 1.76 bits per heavy atom. The van der Waals surface area contributed by atoms with Gasteiger partial charge in [-0.1, -0.05) is 23.7 Å². The Balaban J connectivity index is 2.12. The van der Waals surface area contributed by atoms with Gasteiger partial charge in [0.15, 0.2) is 5.76 Å². The average molecular weight is 308 g/mol. The van der Waals surface area contributed by atoms with Gasteiger partial charge in [0, 0.05) is 23.4 Å². The molecule has 21 heavy (non-hydrogen) atoms. The van der Waals surface area contributed by atoms with Crippen molar-refractivity contribution in [1.29, 1.82) is 0 Å². The van der Waals surface area contributed by atoms with E-state index in [1.165, 1.54) is 6.07 Å². The molecule has 0 radical (unpaired) electrons. The van der Waals surface area contributed by atoms with Crippen molar-refractivity contribution in [3.05, 3.63) is 29.3 Å². The first-order valence-electron chi connectivity index (χ1n) is 6.15. The van der Waals surface area contributed by atoms with E-state index in [1.54, 1.807) is 18.2 Å². The van der Waals surface area contributed by atoms with Gasteiger partial charge in [0.05, 0.1) is 0 Å². The lowest BCUT2D eigenvalue weighted by molar-refractivity contribution is -0.121. The molecule has 2 aromatic rings. The molecule has 0 spiro atoms. The van der Waals surface area contributed by atoms with Gasteiger partial charge in [-0.05, 0) is 12.1 Å². The molecule has 0 bridgehead atoms. The van der Waals surface area contributed by atoms with Crippen LogP contribution in [0, 0.1) is 0 Å². The quantitative estimate of drug-likeness (QED) is 0.832. The van der Waals surface area contributed by atoms with Crippen LogP contribution in [0.3, 0.4) is 0 Å². The first-order chi connectivity index (χ1) is 9.99. The highest BCUT2D eigenvalue weighted by molar-refractivity contribution is 6.30. The Labute approximate surface area is 124 Å². The van der Waals surface area contributed by atoms with Gasteiger partial charge in [0.25, 0.3) is 5.88 Å². The van der Waals surface area contributed by atoms with Gasteiger partial charge in [0.1, 0.15) is 0 Å². The van der Waals surface area contributed by atoms with Gasteiger partial charge in [-0.25, -0.2) is 4.90 Å². The van der Waals surface area contributed by atoms with Crippen LogP contribution in [0.4, 0.5) is 5.88 Å². The van der Waals surface area contributed by atoms with Gasteiger partial charge in [-0.3, -0.25) is 9.59 Å². The maximum absolute atomic E-state index is 11.7. The molecule has 0 aliphatic carbocycles. The molecular weight excluding hydrogens is 298 g/mol. The molecule has 0 unspecified atom stereocenters. The monoisotopic (exact) mass is 307 g/mol. The molecule has 1 aromatic heterocycles. The van der Waals surface area contributed by atoms with E-state index in [0.29, 0.717) is 10.6 Å². The summed E-state index contributed by atoms with van der Waals surface area (Å²) in [5.74, 6) is -2.58. The number of rotatable bonds is 2. The van der Waals surface area contributed by atoms with Crippen molar-refractivity contribution in [2.24, 2.45) is 0 Å². The summed E-state index contributed by atoms with van der Waals surface area (Å²) in [4.78, 5) is 24.1. The molecule has 1 aromatic carbocycles. The maximum Gasteiger partial charge on any atom is 0.256 e. The lowest BCUT2D eigenvalue weighted by Crippen LogP contribution is -2.28. The van der Waals surface area contributed by atoms with Crippen molar-refractivity contribution in [2.75, 3.05) is 4.90 Å². The zero-order chi connectivity index (χ0) is 15.1. The van der Waals surface area contributed by atoms with E-state index >= 15 is 0 Å². The van der Waals surface area contributed by atoms with Gasteiger partial charge in [-0.15, -0.1) is 0 Å². The summed E-state index contributed by atoms with van der Waals surface area (Å²) in [6.07, 6.45) is 0.0957. The molecule has 0 atom stereocenters. The molecule has 1 saturated heterocycles. The first kappa shape index (κ1) is 13.5. The van der Waals surface area contributed by atoms with Crippen LogP contribution in [0.15, 0.2) is 28.7 Å². The summed E-state index contributed by atoms with van der Waals surface area (Å²) in [6.45, 7) is 0. The van der Waals surface area contributed by atoms with Crippen molar-refractivity contribution in [1.82, 2.24) is 0 Å². The van der Waals surface area contributed by atoms with Crippen molar-refractivity contribution < 1.29 is 24.2 Å². The molecule has 7 heteroatoms. The van der Waals surface area contributed by atoms with Crippen molar-refractivity contribution >= 4 is 29.3 Å². The number of carbonyl (C=O) groups is 2. The predicted octanol–water partition coefficient (Wildman–Crippen LogP) is 2.66. The largest absolute Gasteiger partial charge is 0.502 e. The topological polar surface area (TPSA) is 91.0 Å². The number of carbonyl (C=O) groups excluding carboxylic acids is 2. The van der Waals surface area contributed by atoms with E-state index in [-0.39, 0.29) is 24.5 Å². The summed E-state index contributed by atoms with van der Waals surface area (Å²) < 4.78 is 5.34. The number of imide groups is 1. The molecule has 6 nitrogen and oxygen atoms in total. The van der Waals surface area contributed by atoms with E-state index in [2.05, 4.69) is 0 Å². The van der Waals surface area contributed by atoms with Gasteiger partial charge in [-0.2, -0.15) is 0 Å². The van der Waals surface area contributed by atoms with Crippen LogP contribution in [0.2, 0.25) is 5.02 Å². The number of amides is 2. The second-order valence-corrected chi connectivity index (χ2v) is 5.00. The fourth-order valence-corrected chi connectivity index (χ4v) is 2.37. The summed E-state index contributed by atoms with van der Waals surface area (Å²) in [5, 5.41) is 20.3. The standard InChI is InChI=1S/C14H10ClNO5/c15-8-3-1-2-7(6-8)13-11(19)12(20)14(21-13)16-9(17)4-5-10(16)18/h1-3,6,19-20H,4-5H2. The van der Waals surface area contributed by atoms with Crippen LogP contribution in [0.25, 0.3) is 11.3 Å². The molecule has 1 fully saturated rings. The zero-order valence-electron chi connectivity index (χ0n) is 10.7. The highest BCUT2D eigenvalue weighted by atomic mass is 35.5. The van der Waals surface area contributed by atoms with Gasteiger partial charge < -0.3 is 14.6 Å². The lowest BCUT2D eigenvalue weighted by atomic mass is 10.1. The normalized spacial score (nSPS) is 15.0. The fraction of sp³-hybridized carbons (Fsp3) is 0.143. The average Bonchev–Trinajstić information content (AvgIpc) is 2.92. The number of furan rings is 1. The second kappa shape index (κ2) is 4.82. The first-order valence-corrected chi connectivity index (χ1v) is 6.53. The minimum atomic E-state index is -0.645. The van der Waals surface area contributed by atoms with E-state index < -0.39 is 23.3 Å². The van der Waals surface area contributed by atoms with Gasteiger partial charge in [0.2, 0.25) is 23.3 Å². The summed E-state index contributed by atoms with van der Waals surface area (Å²) in [7, 11) is 0. The van der Waals surface area contributed by atoms with Crippen LogP contribution < -0.4 is 4.90 Å². The molecular formula is C14H10ClNO5. The maximum atomic E-state index is 11.7. The Morgan fingerprint density at radius 1 is 1.10 bits per heavy atom. The summed E-state index contributed by atoms with van der Waals surface area (Å²) >= 11 is 5.86. The molecule has 3 rings (SSSR count). The number of nitrogens with zero attached hydrogens (tertiary/aromatic N) is 1. The Kier molecular flexibility index (Phi) is 3.10. The Hall–Kier alpha value is -2.47. The second-order valence-electron chi connectivity index (χ2n) is 4.57. The third-order valence-electron chi connectivity index (χ3n) is 3.18. The predicted molar refractivity (Wildman–Crippen MR) is 74.2 cm³/mol. The number of aromatic hydroxyl groups is 2. The SMILES string of the molecule is O=C1CCC(=O)N1c1oc(-c2cccc(Cl)c2)c(O)c1O. The fourth-order valence-electron chi connectivity index (χ4n) is 2.18. The number of anilines is 1. The molecule has 2 heterocycles. The highest BCUT2D eigenvalue weighted by Crippen LogP contribution is 2.48. The smallest absolute Gasteiger partial charge is 0.256 e. The molecule has 108 valence electrons. The molecule has 1 aliphatic heterocycles. The van der Waals surface area contributed by atoms with Crippen molar-refractivity contribution in [2.45, 2.75) is 12.8 Å². The van der Waals surface area contributed by atoms with E-state index in [1.807, 2.05) is 0 Å². The van der Waals surface area contributed by atoms with Crippen LogP contribution in [0.5, 0.6) is 11.5 Å². The summed E-state index contributed by atoms with van der Waals surface area (Å²) in [5.41, 5.74) is 0.417. The van der Waals surface area contributed by atoms with Crippen LogP contribution in [-0.2, 0) is 9.59 Å². The van der Waals surface area contributed by atoms with Crippen LogP contribution in [-0.4, -0.2) is 22.0 Å². The van der Waals surface area contributed by atoms with E-state index in [4.69, 9.17) is 16.0 Å². The Morgan fingerprint density at radius 3 is 2.38 bits per heavy atom. The number of benzene rings is 1. The number of hydrogen-bond donors (Lipinski definition) is 2. The highest BCUT2D eigenvalue weighted by Gasteiger charge is 2.37. The Bertz CT molecular complexity index is 736. The number of halogens is 1. The van der Waals surface area contributed by atoms with Gasteiger partial charge >= 0.3 is 0 Å². The minimum absolute atomic E-state index is 0.0479. The van der Waals surface area contributed by atoms with E-state index in [9.17, 15) is 19.8 Å². The minimum Gasteiger partial charge on any atom is -0.502 e. The molecule has 1 aliphatic rings. The summed E-state index contributed by atoms with van der Waals surface area (Å²) in [6, 6.07) is 6.42. The molecule has 0 saturated carbocycles. The number of hydrogen-bond acceptors (Lipinski definition) is 5. The van der Waals surface area contributed by atoms with Crippen molar-refractivity contribution in [3.63, 3.8) is 0 Å². The third kappa shape index (κ3) is 2.13. The van der Waals surface area contributed by atoms with Crippen LogP contribution >= 0.6 is 11.6 Å². The third-order valence-corrected chi connectivity index (χ3v) is 3.42. The van der Waals surface area contributed by atoms with E-state index in [0.717, 1.165) is 4.90 Å². The van der Waals surface area contributed by atoms with Crippen molar-refractivity contribution in [3.8, 4) is 22.8 Å². The lowest BCUT2D eigenvalue weighted by Gasteiger charge is -2.09. The molecule has 2 amide bonds.